The number of nitrogens with two attached hydrogens (primary N) is 1. The Morgan fingerprint density at radius 3 is 2.86 bits per heavy atom. The molecule has 0 amide bonds. The molecule has 0 spiro atoms. The van der Waals surface area contributed by atoms with Crippen LogP contribution in [0.4, 0.5) is 14.5 Å². The van der Waals surface area contributed by atoms with Crippen LogP contribution < -0.4 is 11.1 Å². The first kappa shape index (κ1) is 20.9. The molecule has 3 heterocycles. The number of fused-ring (bicyclic) bond motifs is 1. The van der Waals surface area contributed by atoms with Crippen molar-refractivity contribution in [3.63, 3.8) is 0 Å². The van der Waals surface area contributed by atoms with Gasteiger partial charge >= 0.3 is 6.61 Å². The second-order valence-electron chi connectivity index (χ2n) is 6.35. The van der Waals surface area contributed by atoms with Crippen molar-refractivity contribution >= 4 is 34.4 Å². The summed E-state index contributed by atoms with van der Waals surface area (Å²) in [4.78, 5) is 0. The van der Waals surface area contributed by atoms with Crippen molar-refractivity contribution in [1.82, 2.24) is 9.61 Å². The monoisotopic (exact) mass is 432 g/mol. The largest absolute Gasteiger partial charge is 0.467 e. The van der Waals surface area contributed by atoms with Gasteiger partial charge in [-0.1, -0.05) is 23.2 Å². The number of hydrogen-bond donors (Lipinski definition) is 2. The highest BCUT2D eigenvalue weighted by atomic mass is 35.5. The summed E-state index contributed by atoms with van der Waals surface area (Å²) in [7, 11) is 0. The zero-order chi connectivity index (χ0) is 20.3. The third-order valence-corrected chi connectivity index (χ3v) is 4.97. The molecule has 0 saturated heterocycles. The van der Waals surface area contributed by atoms with E-state index in [9.17, 15) is 8.78 Å². The van der Waals surface area contributed by atoms with Crippen molar-refractivity contribution in [2.45, 2.75) is 39.0 Å². The van der Waals surface area contributed by atoms with Crippen LogP contribution in [0.1, 0.15) is 23.3 Å². The highest BCUT2D eigenvalue weighted by Crippen LogP contribution is 2.33. The van der Waals surface area contributed by atoms with Crippen molar-refractivity contribution in [1.29, 1.82) is 0 Å². The van der Waals surface area contributed by atoms with E-state index in [4.69, 9.17) is 33.4 Å². The van der Waals surface area contributed by atoms with Gasteiger partial charge in [0.2, 0.25) is 0 Å². The highest BCUT2D eigenvalue weighted by molar-refractivity contribution is 6.32. The first-order valence-corrected chi connectivity index (χ1v) is 9.40. The number of aromatic nitrogens is 2. The van der Waals surface area contributed by atoms with Crippen LogP contribution >= 0.6 is 23.2 Å². The molecule has 0 aliphatic heterocycles. The summed E-state index contributed by atoms with van der Waals surface area (Å²) in [5.74, 6) is 0.766. The van der Waals surface area contributed by atoms with Crippen LogP contribution in [0.5, 0.6) is 0 Å². The molecule has 10 heteroatoms. The van der Waals surface area contributed by atoms with Gasteiger partial charge < -0.3 is 20.2 Å². The Kier molecular flexibility index (Phi) is 6.77. The minimum atomic E-state index is -2.80. The molecule has 3 aromatic rings. The van der Waals surface area contributed by atoms with Crippen LogP contribution in [0, 0.1) is 6.92 Å². The fraction of sp³-hybridized carbons (Fsp3) is 0.389. The third kappa shape index (κ3) is 4.75. The van der Waals surface area contributed by atoms with E-state index >= 15 is 0 Å². The van der Waals surface area contributed by atoms with Gasteiger partial charge in [-0.2, -0.15) is 13.9 Å². The SMILES string of the molecule is Cc1c(C[C@@H](N)CCOC(F)F)c(Cl)n2nc(Cl)cc(NCc3ccco3)c12. The van der Waals surface area contributed by atoms with Gasteiger partial charge in [0.1, 0.15) is 10.9 Å². The molecule has 0 aromatic carbocycles. The Hall–Kier alpha value is -1.87. The zero-order valence-electron chi connectivity index (χ0n) is 15.1. The average Bonchev–Trinajstić information content (AvgIpc) is 3.23. The lowest BCUT2D eigenvalue weighted by Gasteiger charge is -2.12. The van der Waals surface area contributed by atoms with Gasteiger partial charge in [-0.25, -0.2) is 4.52 Å². The van der Waals surface area contributed by atoms with E-state index < -0.39 is 6.61 Å². The summed E-state index contributed by atoms with van der Waals surface area (Å²) < 4.78 is 35.4. The number of nitrogens with zero attached hydrogens (tertiary/aromatic N) is 2. The number of halogens is 4. The Labute approximate surface area is 170 Å². The molecule has 3 rings (SSSR count). The fourth-order valence-electron chi connectivity index (χ4n) is 3.04. The van der Waals surface area contributed by atoms with E-state index in [1.54, 1.807) is 16.8 Å². The first-order chi connectivity index (χ1) is 13.4. The Bertz CT molecular complexity index is 932. The average molecular weight is 433 g/mol. The highest BCUT2D eigenvalue weighted by Gasteiger charge is 2.21. The van der Waals surface area contributed by atoms with E-state index in [0.29, 0.717) is 18.1 Å². The van der Waals surface area contributed by atoms with Crippen LogP contribution in [0.2, 0.25) is 10.3 Å². The second kappa shape index (κ2) is 9.09. The number of rotatable bonds is 9. The predicted octanol–water partition coefficient (Wildman–Crippen LogP) is 4.65. The Balaban J connectivity index is 1.85. The second-order valence-corrected chi connectivity index (χ2v) is 7.10. The number of furan rings is 1. The molecule has 0 unspecified atom stereocenters. The normalized spacial score (nSPS) is 12.8. The number of anilines is 1. The van der Waals surface area contributed by atoms with Crippen molar-refractivity contribution < 1.29 is 17.9 Å². The van der Waals surface area contributed by atoms with Gasteiger partial charge in [0.05, 0.1) is 30.6 Å². The zero-order valence-corrected chi connectivity index (χ0v) is 16.6. The summed E-state index contributed by atoms with van der Waals surface area (Å²) >= 11 is 12.7. The molecule has 3 aromatic heterocycles. The maximum absolute atomic E-state index is 12.1. The molecule has 0 saturated carbocycles. The maximum atomic E-state index is 12.1. The molecule has 6 nitrogen and oxygen atoms in total. The lowest BCUT2D eigenvalue weighted by atomic mass is 10.0. The summed E-state index contributed by atoms with van der Waals surface area (Å²) in [6, 6.07) is 4.99. The fourth-order valence-corrected chi connectivity index (χ4v) is 3.57. The lowest BCUT2D eigenvalue weighted by molar-refractivity contribution is -0.129. The van der Waals surface area contributed by atoms with Crippen LogP contribution in [-0.2, 0) is 17.7 Å². The van der Waals surface area contributed by atoms with Gasteiger partial charge in [-0.3, -0.25) is 0 Å². The van der Waals surface area contributed by atoms with Gasteiger partial charge in [0.15, 0.2) is 5.15 Å². The molecule has 0 aliphatic carbocycles. The molecule has 0 aliphatic rings. The smallest absolute Gasteiger partial charge is 0.345 e. The molecule has 0 radical (unpaired) electrons. The molecule has 3 N–H and O–H groups in total. The molecule has 28 heavy (non-hydrogen) atoms. The molecule has 1 atom stereocenters. The number of hydrogen-bond acceptors (Lipinski definition) is 5. The summed E-state index contributed by atoms with van der Waals surface area (Å²) in [6.07, 6.45) is 2.28. The van der Waals surface area contributed by atoms with Crippen LogP contribution in [-0.4, -0.2) is 28.9 Å². The summed E-state index contributed by atoms with van der Waals surface area (Å²) in [6.45, 7) is -0.552. The first-order valence-electron chi connectivity index (χ1n) is 8.64. The van der Waals surface area contributed by atoms with E-state index in [0.717, 1.165) is 28.1 Å². The summed E-state index contributed by atoms with van der Waals surface area (Å²) in [5, 5.41) is 8.22. The molecular weight excluding hydrogens is 413 g/mol. The van der Waals surface area contributed by atoms with E-state index in [-0.39, 0.29) is 24.2 Å². The van der Waals surface area contributed by atoms with Crippen molar-refractivity contribution in [2.24, 2.45) is 5.73 Å². The van der Waals surface area contributed by atoms with Gasteiger partial charge in [0.25, 0.3) is 0 Å². The maximum Gasteiger partial charge on any atom is 0.345 e. The number of ether oxygens (including phenoxy) is 1. The number of nitrogens with one attached hydrogen (secondary N) is 1. The Morgan fingerprint density at radius 1 is 1.39 bits per heavy atom. The van der Waals surface area contributed by atoms with Crippen LogP contribution in [0.3, 0.4) is 0 Å². The molecule has 0 bridgehead atoms. The van der Waals surface area contributed by atoms with E-state index in [1.807, 2.05) is 19.1 Å². The van der Waals surface area contributed by atoms with Gasteiger partial charge in [-0.05, 0) is 43.0 Å². The topological polar surface area (TPSA) is 77.7 Å². The third-order valence-electron chi connectivity index (χ3n) is 4.40. The molecule has 152 valence electrons. The van der Waals surface area contributed by atoms with Gasteiger partial charge in [-0.15, -0.1) is 0 Å². The van der Waals surface area contributed by atoms with Crippen molar-refractivity contribution in [3.05, 3.63) is 51.7 Å². The van der Waals surface area contributed by atoms with E-state index in [1.165, 1.54) is 0 Å². The number of alkyl halides is 2. The lowest BCUT2D eigenvalue weighted by Crippen LogP contribution is -2.25. The van der Waals surface area contributed by atoms with Crippen molar-refractivity contribution in [3.8, 4) is 0 Å². The van der Waals surface area contributed by atoms with Crippen LogP contribution in [0.15, 0.2) is 28.9 Å². The molecule has 0 fully saturated rings. The van der Waals surface area contributed by atoms with Gasteiger partial charge in [0, 0.05) is 12.1 Å². The van der Waals surface area contributed by atoms with Crippen molar-refractivity contribution in [2.75, 3.05) is 11.9 Å². The minimum absolute atomic E-state index is 0.122. The van der Waals surface area contributed by atoms with Crippen LogP contribution in [0.25, 0.3) is 5.52 Å². The predicted molar refractivity (Wildman–Crippen MR) is 104 cm³/mol. The van der Waals surface area contributed by atoms with E-state index in [2.05, 4.69) is 15.2 Å². The summed E-state index contributed by atoms with van der Waals surface area (Å²) in [5.41, 5.74) is 9.28. The molecular formula is C18H20Cl2F2N4O2. The minimum Gasteiger partial charge on any atom is -0.467 e. The quantitative estimate of drug-likeness (QED) is 0.514. The standard InChI is InChI=1S/C18H20Cl2F2N4O2/c1-10-13(7-11(23)4-6-28-18(21)22)17(20)26-16(10)14(8-15(19)25-26)24-9-12-3-2-5-27-12/h2-3,5,8,11,18,24H,4,6-7,9,23H2,1H3/t11-/m0/s1. The number of aryl methyl sites for hydroxylation is 1. The Morgan fingerprint density at radius 2 is 2.18 bits per heavy atom.